The summed E-state index contributed by atoms with van der Waals surface area (Å²) < 4.78 is 18.9. The summed E-state index contributed by atoms with van der Waals surface area (Å²) in [4.78, 5) is 22.5. The number of hydrogen-bond donors (Lipinski definition) is 1. The van der Waals surface area contributed by atoms with Crippen LogP contribution in [0.5, 0.6) is 0 Å². The number of alkyl carbamates (subject to hydrolysis) is 1. The molecule has 1 aromatic carbocycles. The SMILES string of the molecule is COC(CNC(=O)OC(=O)OCc1ccccc1)OC. The number of carbonyl (C=O) groups excluding carboxylic acids is 2. The van der Waals surface area contributed by atoms with Crippen LogP contribution in [-0.2, 0) is 25.6 Å². The first kappa shape index (κ1) is 15.9. The largest absolute Gasteiger partial charge is 0.517 e. The van der Waals surface area contributed by atoms with Crippen LogP contribution in [0, 0.1) is 0 Å². The molecule has 1 aromatic rings. The molecule has 0 heterocycles. The molecule has 0 saturated carbocycles. The minimum Gasteiger partial charge on any atom is -0.429 e. The number of amides is 1. The van der Waals surface area contributed by atoms with E-state index in [1.54, 1.807) is 12.1 Å². The Morgan fingerprint density at radius 2 is 1.80 bits per heavy atom. The first-order valence-electron chi connectivity index (χ1n) is 5.87. The highest BCUT2D eigenvalue weighted by Crippen LogP contribution is 2.01. The van der Waals surface area contributed by atoms with Crippen molar-refractivity contribution in [1.82, 2.24) is 5.32 Å². The summed E-state index contributed by atoms with van der Waals surface area (Å²) in [6, 6.07) is 9.04. The number of carbonyl (C=O) groups is 2. The van der Waals surface area contributed by atoms with Crippen molar-refractivity contribution >= 4 is 12.2 Å². The average molecular weight is 283 g/mol. The van der Waals surface area contributed by atoms with Gasteiger partial charge in [-0.05, 0) is 5.56 Å². The second kappa shape index (κ2) is 8.89. The lowest BCUT2D eigenvalue weighted by atomic mass is 10.2. The van der Waals surface area contributed by atoms with E-state index in [0.29, 0.717) is 0 Å². The van der Waals surface area contributed by atoms with Gasteiger partial charge < -0.3 is 24.3 Å². The minimum atomic E-state index is -1.07. The molecule has 7 nitrogen and oxygen atoms in total. The maximum absolute atomic E-state index is 11.3. The molecule has 1 amide bonds. The Labute approximate surface area is 116 Å². The molecule has 0 aliphatic rings. The first-order chi connectivity index (χ1) is 9.65. The fourth-order valence-corrected chi connectivity index (χ4v) is 1.29. The quantitative estimate of drug-likeness (QED) is 0.486. The summed E-state index contributed by atoms with van der Waals surface area (Å²) in [7, 11) is 2.85. The predicted octanol–water partition coefficient (Wildman–Crippen LogP) is 1.67. The van der Waals surface area contributed by atoms with Crippen LogP contribution >= 0.6 is 0 Å². The van der Waals surface area contributed by atoms with Gasteiger partial charge in [-0.25, -0.2) is 9.59 Å². The maximum Gasteiger partial charge on any atom is 0.517 e. The van der Waals surface area contributed by atoms with Gasteiger partial charge in [0.05, 0.1) is 6.54 Å². The summed E-state index contributed by atoms with van der Waals surface area (Å²) in [6.45, 7) is 0.0868. The van der Waals surface area contributed by atoms with Crippen molar-refractivity contribution in [2.45, 2.75) is 12.9 Å². The van der Waals surface area contributed by atoms with E-state index < -0.39 is 18.5 Å². The number of benzene rings is 1. The second-order valence-electron chi connectivity index (χ2n) is 3.70. The Morgan fingerprint density at radius 1 is 1.15 bits per heavy atom. The van der Waals surface area contributed by atoms with Crippen LogP contribution in [0.3, 0.4) is 0 Å². The Morgan fingerprint density at radius 3 is 2.40 bits per heavy atom. The van der Waals surface area contributed by atoms with Crippen molar-refractivity contribution in [1.29, 1.82) is 0 Å². The summed E-state index contributed by atoms with van der Waals surface area (Å²) in [5, 5.41) is 2.30. The van der Waals surface area contributed by atoms with Crippen molar-refractivity contribution in [2.75, 3.05) is 20.8 Å². The van der Waals surface area contributed by atoms with Gasteiger partial charge in [0.1, 0.15) is 6.61 Å². The molecule has 1 rings (SSSR count). The van der Waals surface area contributed by atoms with Gasteiger partial charge in [-0.15, -0.1) is 0 Å². The first-order valence-corrected chi connectivity index (χ1v) is 5.87. The molecule has 0 bridgehead atoms. The minimum absolute atomic E-state index is 0.0335. The molecule has 110 valence electrons. The molecule has 0 atom stereocenters. The third kappa shape index (κ3) is 6.17. The van der Waals surface area contributed by atoms with Gasteiger partial charge >= 0.3 is 12.2 Å². The molecular formula is C13H17NO6. The molecule has 20 heavy (non-hydrogen) atoms. The third-order valence-corrected chi connectivity index (χ3v) is 2.31. The highest BCUT2D eigenvalue weighted by Gasteiger charge is 2.13. The van der Waals surface area contributed by atoms with Crippen LogP contribution in [0.4, 0.5) is 9.59 Å². The fraction of sp³-hybridized carbons (Fsp3) is 0.385. The highest BCUT2D eigenvalue weighted by atomic mass is 16.7. The summed E-state index contributed by atoms with van der Waals surface area (Å²) >= 11 is 0. The predicted molar refractivity (Wildman–Crippen MR) is 68.9 cm³/mol. The molecule has 1 N–H and O–H groups in total. The smallest absolute Gasteiger partial charge is 0.429 e. The van der Waals surface area contributed by atoms with Gasteiger partial charge in [-0.1, -0.05) is 30.3 Å². The van der Waals surface area contributed by atoms with Gasteiger partial charge in [0.25, 0.3) is 0 Å². The van der Waals surface area contributed by atoms with Gasteiger partial charge in [-0.2, -0.15) is 0 Å². The number of rotatable bonds is 6. The van der Waals surface area contributed by atoms with Crippen LogP contribution in [-0.4, -0.2) is 39.3 Å². The van der Waals surface area contributed by atoms with E-state index in [0.717, 1.165) is 5.56 Å². The van der Waals surface area contributed by atoms with E-state index in [1.807, 2.05) is 18.2 Å². The number of ether oxygens (including phenoxy) is 4. The van der Waals surface area contributed by atoms with E-state index in [1.165, 1.54) is 14.2 Å². The monoisotopic (exact) mass is 283 g/mol. The van der Waals surface area contributed by atoms with Gasteiger partial charge in [0.15, 0.2) is 6.29 Å². The third-order valence-electron chi connectivity index (χ3n) is 2.31. The van der Waals surface area contributed by atoms with Crippen LogP contribution in [0.2, 0.25) is 0 Å². The molecule has 0 saturated heterocycles. The highest BCUT2D eigenvalue weighted by molar-refractivity contribution is 5.80. The number of methoxy groups -OCH3 is 2. The summed E-state index contributed by atoms with van der Waals surface area (Å²) in [5.74, 6) is 0. The summed E-state index contributed by atoms with van der Waals surface area (Å²) in [5.41, 5.74) is 0.795. The van der Waals surface area contributed by atoms with Gasteiger partial charge in [0, 0.05) is 14.2 Å². The normalized spacial score (nSPS) is 10.2. The number of nitrogens with one attached hydrogen (secondary N) is 1. The van der Waals surface area contributed by atoms with Crippen LogP contribution in [0.25, 0.3) is 0 Å². The zero-order chi connectivity index (χ0) is 14.8. The Balaban J connectivity index is 2.23. The number of hydrogen-bond acceptors (Lipinski definition) is 6. The van der Waals surface area contributed by atoms with E-state index in [2.05, 4.69) is 10.1 Å². The van der Waals surface area contributed by atoms with Crippen molar-refractivity contribution in [3.8, 4) is 0 Å². The van der Waals surface area contributed by atoms with E-state index >= 15 is 0 Å². The molecule has 0 radical (unpaired) electrons. The average Bonchev–Trinajstić information content (AvgIpc) is 2.47. The molecule has 7 heteroatoms. The molecule has 0 spiro atoms. The molecule has 0 aromatic heterocycles. The van der Waals surface area contributed by atoms with Crippen molar-refractivity contribution < 1.29 is 28.5 Å². The summed E-state index contributed by atoms with van der Waals surface area (Å²) in [6.07, 6.45) is -2.61. The van der Waals surface area contributed by atoms with Crippen molar-refractivity contribution in [3.63, 3.8) is 0 Å². The lowest BCUT2D eigenvalue weighted by Crippen LogP contribution is -2.35. The molecule has 0 fully saturated rings. The Bertz CT molecular complexity index is 418. The molecule has 0 unspecified atom stereocenters. The lowest BCUT2D eigenvalue weighted by Gasteiger charge is -2.13. The van der Waals surface area contributed by atoms with Gasteiger partial charge in [-0.3, -0.25) is 0 Å². The van der Waals surface area contributed by atoms with Crippen LogP contribution in [0.1, 0.15) is 5.56 Å². The standard InChI is InChI=1S/C13H17NO6/c1-17-11(18-2)8-14-12(15)20-13(16)19-9-10-6-4-3-5-7-10/h3-7,11H,8-9H2,1-2H3,(H,14,15). The maximum atomic E-state index is 11.3. The van der Waals surface area contributed by atoms with E-state index in [9.17, 15) is 9.59 Å². The second-order valence-corrected chi connectivity index (χ2v) is 3.70. The van der Waals surface area contributed by atoms with Crippen molar-refractivity contribution in [2.24, 2.45) is 0 Å². The van der Waals surface area contributed by atoms with Gasteiger partial charge in [0.2, 0.25) is 0 Å². The topological polar surface area (TPSA) is 83.1 Å². The zero-order valence-electron chi connectivity index (χ0n) is 11.3. The van der Waals surface area contributed by atoms with Crippen LogP contribution in [0.15, 0.2) is 30.3 Å². The Kier molecular flexibility index (Phi) is 7.08. The fourth-order valence-electron chi connectivity index (χ4n) is 1.29. The molecular weight excluding hydrogens is 266 g/mol. The van der Waals surface area contributed by atoms with E-state index in [-0.39, 0.29) is 13.2 Å². The lowest BCUT2D eigenvalue weighted by molar-refractivity contribution is -0.0979. The Hall–Kier alpha value is -2.12. The zero-order valence-corrected chi connectivity index (χ0v) is 11.3. The molecule has 0 aliphatic carbocycles. The van der Waals surface area contributed by atoms with E-state index in [4.69, 9.17) is 14.2 Å². The van der Waals surface area contributed by atoms with Crippen LogP contribution < -0.4 is 5.32 Å². The molecule has 0 aliphatic heterocycles. The van der Waals surface area contributed by atoms with Crippen molar-refractivity contribution in [3.05, 3.63) is 35.9 Å².